The molecule has 0 aromatic heterocycles. The zero-order valence-electron chi connectivity index (χ0n) is 13.4. The van der Waals surface area contributed by atoms with E-state index < -0.39 is 7.82 Å². The van der Waals surface area contributed by atoms with Gasteiger partial charge in [0.25, 0.3) is 0 Å². The Balaban J connectivity index is 0.000000621. The van der Waals surface area contributed by atoms with Crippen LogP contribution in [0, 0.1) is 0 Å². The fourth-order valence-corrected chi connectivity index (χ4v) is 1.90. The first kappa shape index (κ1) is 19.9. The number of benzene rings is 1. The van der Waals surface area contributed by atoms with Crippen LogP contribution in [0.25, 0.3) is 0 Å². The molecule has 20 heavy (non-hydrogen) atoms. The molecule has 110 valence electrons. The number of phosphoric acid groups is 1. The van der Waals surface area contributed by atoms with Crippen LogP contribution in [0.3, 0.4) is 0 Å². The summed E-state index contributed by atoms with van der Waals surface area (Å²) < 4.78 is 10.3. The molecule has 6 heteroatoms. The van der Waals surface area contributed by atoms with Gasteiger partial charge in [-0.3, -0.25) is 0 Å². The van der Waals surface area contributed by atoms with E-state index in [-0.39, 0.29) is 10.8 Å². The van der Waals surface area contributed by atoms with Crippen LogP contribution in [0.4, 0.5) is 0 Å². The van der Waals surface area contributed by atoms with E-state index in [4.69, 9.17) is 19.2 Å². The zero-order valence-corrected chi connectivity index (χ0v) is 14.3. The van der Waals surface area contributed by atoms with Crippen molar-refractivity contribution >= 4 is 29.8 Å². The number of rotatable bonds is 0. The van der Waals surface area contributed by atoms with E-state index in [1.165, 1.54) is 15.4 Å². The molecule has 0 saturated carbocycles. The first-order valence-electron chi connectivity index (χ1n) is 6.52. The van der Waals surface area contributed by atoms with Crippen LogP contribution in [0.2, 0.25) is 0 Å². The van der Waals surface area contributed by atoms with Gasteiger partial charge < -0.3 is 14.7 Å². The van der Waals surface area contributed by atoms with E-state index in [2.05, 4.69) is 77.5 Å². The molecule has 0 fully saturated rings. The molecule has 1 aromatic rings. The van der Waals surface area contributed by atoms with Gasteiger partial charge in [-0.1, -0.05) is 0 Å². The summed E-state index contributed by atoms with van der Waals surface area (Å²) in [4.78, 5) is 21.6. The molecule has 4 nitrogen and oxygen atoms in total. The molecule has 1 aromatic carbocycles. The minimum atomic E-state index is -4.64. The summed E-state index contributed by atoms with van der Waals surface area (Å²) in [7, 11) is -4.64. The Morgan fingerprint density at radius 1 is 0.950 bits per heavy atom. The van der Waals surface area contributed by atoms with Crippen LogP contribution in [-0.4, -0.2) is 32.4 Å². The quantitative estimate of drug-likeness (QED) is 0.506. The van der Waals surface area contributed by atoms with Crippen LogP contribution >= 0.6 is 7.82 Å². The molecule has 0 aliphatic rings. The van der Waals surface area contributed by atoms with E-state index >= 15 is 0 Å². The van der Waals surface area contributed by atoms with Crippen molar-refractivity contribution in [2.45, 2.75) is 52.4 Å². The predicted molar refractivity (Wildman–Crippen MR) is 83.5 cm³/mol. The van der Waals surface area contributed by atoms with Crippen molar-refractivity contribution < 1.29 is 19.2 Å². The van der Waals surface area contributed by atoms with E-state index in [9.17, 15) is 0 Å². The molecular formula is C14H24LiO4P. The van der Waals surface area contributed by atoms with Crippen LogP contribution in [0.1, 0.15) is 52.7 Å². The summed E-state index contributed by atoms with van der Waals surface area (Å²) in [5.74, 6) is 0. The van der Waals surface area contributed by atoms with Gasteiger partial charge >= 0.3 is 111 Å². The minimum absolute atomic E-state index is 0.241. The van der Waals surface area contributed by atoms with Crippen molar-refractivity contribution in [3.63, 3.8) is 0 Å². The molecule has 0 aliphatic carbocycles. The van der Waals surface area contributed by atoms with Crippen LogP contribution in [0.5, 0.6) is 0 Å². The standard InChI is InChI=1S/C14H21.Li.H3O4P/c1-13(2,3)11-8-7-9-12(10-11)14(4,5)6;;1-5(2,3)4/h7-8,10H,1-6H3;;(H3,1,2,3,4). The van der Waals surface area contributed by atoms with E-state index in [0.29, 0.717) is 0 Å². The first-order valence-corrected chi connectivity index (χ1v) is 8.09. The van der Waals surface area contributed by atoms with Gasteiger partial charge in [-0.2, -0.15) is 0 Å². The summed E-state index contributed by atoms with van der Waals surface area (Å²) in [6, 6.07) is 6.88. The second-order valence-electron chi connectivity index (χ2n) is 7.04. The van der Waals surface area contributed by atoms with Crippen LogP contribution in [0.15, 0.2) is 18.2 Å². The summed E-state index contributed by atoms with van der Waals surface area (Å²) >= 11 is 2.20. The molecule has 0 spiro atoms. The molecule has 0 saturated heterocycles. The normalized spacial score (nSPS) is 12.8. The molecule has 0 aliphatic heterocycles. The molecule has 0 heterocycles. The Kier molecular flexibility index (Phi) is 6.77. The molecule has 0 unspecified atom stereocenters. The fraction of sp³-hybridized carbons (Fsp3) is 0.571. The van der Waals surface area contributed by atoms with Crippen molar-refractivity contribution in [1.82, 2.24) is 0 Å². The van der Waals surface area contributed by atoms with Gasteiger partial charge in [-0.05, 0) is 0 Å². The zero-order chi connectivity index (χ0) is 16.4. The number of hydrogen-bond donors (Lipinski definition) is 3. The third-order valence-corrected chi connectivity index (χ3v) is 2.91. The summed E-state index contributed by atoms with van der Waals surface area (Å²) in [5, 5.41) is 0. The predicted octanol–water partition coefficient (Wildman–Crippen LogP) is 2.15. The Morgan fingerprint density at radius 2 is 1.35 bits per heavy atom. The van der Waals surface area contributed by atoms with Gasteiger partial charge in [0.15, 0.2) is 0 Å². The van der Waals surface area contributed by atoms with E-state index in [1.807, 2.05) is 0 Å². The van der Waals surface area contributed by atoms with Crippen molar-refractivity contribution in [2.75, 3.05) is 0 Å². The van der Waals surface area contributed by atoms with Crippen LogP contribution in [-0.2, 0) is 15.4 Å². The summed E-state index contributed by atoms with van der Waals surface area (Å²) in [6.07, 6.45) is 0. The number of hydrogen-bond acceptors (Lipinski definition) is 1. The maximum atomic E-state index is 8.88. The van der Waals surface area contributed by atoms with E-state index in [0.717, 1.165) is 0 Å². The average molecular weight is 294 g/mol. The third kappa shape index (κ3) is 8.27. The SMILES string of the molecule is O=P(O)(O)O.[Li][c]1ccc(C(C)(C)C)cc1C(C)(C)C. The van der Waals surface area contributed by atoms with Crippen molar-refractivity contribution in [3.8, 4) is 0 Å². The Hall–Kier alpha value is -0.0726. The average Bonchev–Trinajstić information content (AvgIpc) is 2.11. The van der Waals surface area contributed by atoms with Gasteiger partial charge in [0, 0.05) is 0 Å². The molecular weight excluding hydrogens is 270 g/mol. The van der Waals surface area contributed by atoms with Gasteiger partial charge in [-0.15, -0.1) is 0 Å². The maximum absolute atomic E-state index is 8.88. The third-order valence-electron chi connectivity index (χ3n) is 2.91. The molecule has 3 N–H and O–H groups in total. The van der Waals surface area contributed by atoms with Gasteiger partial charge in [0.2, 0.25) is 0 Å². The molecule has 0 bridgehead atoms. The summed E-state index contributed by atoms with van der Waals surface area (Å²) in [6.45, 7) is 13.6. The molecule has 0 atom stereocenters. The topological polar surface area (TPSA) is 77.8 Å². The Morgan fingerprint density at radius 3 is 1.65 bits per heavy atom. The molecule has 1 rings (SSSR count). The van der Waals surface area contributed by atoms with Crippen molar-refractivity contribution in [1.29, 1.82) is 0 Å². The van der Waals surface area contributed by atoms with Crippen molar-refractivity contribution in [3.05, 3.63) is 29.3 Å². The Labute approximate surface area is 131 Å². The Bertz CT molecular complexity index is 487. The van der Waals surface area contributed by atoms with Gasteiger partial charge in [-0.25, -0.2) is 4.57 Å². The molecule has 0 amide bonds. The van der Waals surface area contributed by atoms with Gasteiger partial charge in [0.05, 0.1) is 0 Å². The second-order valence-corrected chi connectivity index (χ2v) is 8.07. The summed E-state index contributed by atoms with van der Waals surface area (Å²) in [5.41, 5.74) is 3.38. The second kappa shape index (κ2) is 6.79. The first-order chi connectivity index (χ1) is 8.62. The van der Waals surface area contributed by atoms with Crippen molar-refractivity contribution in [2.24, 2.45) is 0 Å². The molecule has 0 radical (unpaired) electrons. The van der Waals surface area contributed by atoms with Crippen LogP contribution < -0.4 is 4.24 Å². The van der Waals surface area contributed by atoms with Gasteiger partial charge in [0.1, 0.15) is 0 Å². The fourth-order valence-electron chi connectivity index (χ4n) is 1.90. The monoisotopic (exact) mass is 294 g/mol. The van der Waals surface area contributed by atoms with E-state index in [1.54, 1.807) is 0 Å².